The van der Waals surface area contributed by atoms with Gasteiger partial charge in [0.15, 0.2) is 0 Å². The van der Waals surface area contributed by atoms with Crippen LogP contribution in [0.15, 0.2) is 78.9 Å². The van der Waals surface area contributed by atoms with Crippen LogP contribution < -0.4 is 15.5 Å². The summed E-state index contributed by atoms with van der Waals surface area (Å²) in [5, 5.41) is 6.38. The summed E-state index contributed by atoms with van der Waals surface area (Å²) in [6.07, 6.45) is 3.33. The van der Waals surface area contributed by atoms with Gasteiger partial charge in [0.25, 0.3) is 0 Å². The van der Waals surface area contributed by atoms with E-state index in [9.17, 15) is 9.59 Å². The number of carbonyl (C=O) groups is 2. The number of amides is 2. The van der Waals surface area contributed by atoms with E-state index < -0.39 is 6.09 Å². The van der Waals surface area contributed by atoms with Crippen molar-refractivity contribution in [3.63, 3.8) is 0 Å². The second-order valence-electron chi connectivity index (χ2n) is 8.93. The standard InChI is InChI=1S/C28H29N3O3/c32-27-23-9-6-11-24(23)30-25-10-4-5-12-26(25)31(27)18-17-20-13-15-22(16-14-20)29-28(33)34-19-21-7-2-1-3-8-21/h1-5,7-8,10,12-16,23-24,30H,6,9,11,17-19H2,(H,29,33). The molecule has 6 nitrogen and oxygen atoms in total. The molecule has 3 aromatic carbocycles. The van der Waals surface area contributed by atoms with Crippen LogP contribution in [0.25, 0.3) is 0 Å². The van der Waals surface area contributed by atoms with E-state index >= 15 is 0 Å². The summed E-state index contributed by atoms with van der Waals surface area (Å²) in [6.45, 7) is 0.847. The number of ether oxygens (including phenoxy) is 1. The van der Waals surface area contributed by atoms with Crippen LogP contribution in [0.3, 0.4) is 0 Å². The minimum Gasteiger partial charge on any atom is -0.444 e. The van der Waals surface area contributed by atoms with Gasteiger partial charge in [-0.15, -0.1) is 0 Å². The van der Waals surface area contributed by atoms with Gasteiger partial charge in [-0.3, -0.25) is 10.1 Å². The zero-order valence-corrected chi connectivity index (χ0v) is 19.1. The predicted octanol–water partition coefficient (Wildman–Crippen LogP) is 5.61. The molecule has 34 heavy (non-hydrogen) atoms. The zero-order chi connectivity index (χ0) is 23.3. The molecule has 3 aromatic rings. The molecule has 5 rings (SSSR count). The number of hydrogen-bond donors (Lipinski definition) is 2. The van der Waals surface area contributed by atoms with Crippen LogP contribution in [0.4, 0.5) is 21.9 Å². The maximum absolute atomic E-state index is 13.4. The molecule has 1 fully saturated rings. The Kier molecular flexibility index (Phi) is 6.47. The van der Waals surface area contributed by atoms with Crippen LogP contribution in [0.1, 0.15) is 30.4 Å². The minimum atomic E-state index is -0.484. The van der Waals surface area contributed by atoms with Crippen molar-refractivity contribution < 1.29 is 14.3 Å². The van der Waals surface area contributed by atoms with Gasteiger partial charge < -0.3 is 15.0 Å². The number of nitrogens with one attached hydrogen (secondary N) is 2. The maximum Gasteiger partial charge on any atom is 0.411 e. The first-order chi connectivity index (χ1) is 16.7. The molecule has 2 N–H and O–H groups in total. The number of carbonyl (C=O) groups excluding carboxylic acids is 2. The number of anilines is 3. The minimum absolute atomic E-state index is 0.0425. The largest absolute Gasteiger partial charge is 0.444 e. The van der Waals surface area contributed by atoms with Gasteiger partial charge in [0.2, 0.25) is 5.91 Å². The van der Waals surface area contributed by atoms with Crippen LogP contribution in [0.2, 0.25) is 0 Å². The van der Waals surface area contributed by atoms with Gasteiger partial charge in [-0.2, -0.15) is 0 Å². The van der Waals surface area contributed by atoms with E-state index in [1.807, 2.05) is 77.7 Å². The fourth-order valence-electron chi connectivity index (χ4n) is 4.88. The van der Waals surface area contributed by atoms with E-state index in [0.717, 1.165) is 48.2 Å². The molecule has 0 radical (unpaired) electrons. The first kappa shape index (κ1) is 22.0. The lowest BCUT2D eigenvalue weighted by Gasteiger charge is -2.25. The van der Waals surface area contributed by atoms with E-state index in [0.29, 0.717) is 12.2 Å². The number of hydrogen-bond acceptors (Lipinski definition) is 4. The second-order valence-corrected chi connectivity index (χ2v) is 8.93. The molecule has 174 valence electrons. The Hall–Kier alpha value is -3.80. The Morgan fingerprint density at radius 3 is 2.53 bits per heavy atom. The Balaban J connectivity index is 1.20. The van der Waals surface area contributed by atoms with Crippen LogP contribution in [0.5, 0.6) is 0 Å². The molecule has 1 saturated carbocycles. The molecular formula is C28H29N3O3. The van der Waals surface area contributed by atoms with E-state index in [1.54, 1.807) is 0 Å². The highest BCUT2D eigenvalue weighted by molar-refractivity contribution is 6.00. The van der Waals surface area contributed by atoms with Crippen molar-refractivity contribution in [2.45, 2.75) is 38.3 Å². The lowest BCUT2D eigenvalue weighted by molar-refractivity contribution is -0.122. The summed E-state index contributed by atoms with van der Waals surface area (Å²) in [7, 11) is 0. The zero-order valence-electron chi connectivity index (χ0n) is 19.1. The first-order valence-electron chi connectivity index (χ1n) is 11.9. The third kappa shape index (κ3) is 4.91. The number of nitrogens with zero attached hydrogens (tertiary/aromatic N) is 1. The summed E-state index contributed by atoms with van der Waals surface area (Å²) < 4.78 is 5.28. The summed E-state index contributed by atoms with van der Waals surface area (Å²) in [5.41, 5.74) is 4.72. The molecule has 0 aromatic heterocycles. The molecule has 1 aliphatic heterocycles. The molecule has 1 aliphatic carbocycles. The molecule has 6 heteroatoms. The monoisotopic (exact) mass is 455 g/mol. The van der Waals surface area contributed by atoms with Crippen molar-refractivity contribution >= 4 is 29.1 Å². The third-order valence-corrected chi connectivity index (χ3v) is 6.67. The Morgan fingerprint density at radius 2 is 1.71 bits per heavy atom. The van der Waals surface area contributed by atoms with Crippen LogP contribution in [-0.2, 0) is 22.6 Å². The predicted molar refractivity (Wildman–Crippen MR) is 134 cm³/mol. The summed E-state index contributed by atoms with van der Waals surface area (Å²) in [4.78, 5) is 27.4. The second kappa shape index (κ2) is 10.00. The lowest BCUT2D eigenvalue weighted by atomic mass is 10.0. The van der Waals surface area contributed by atoms with Gasteiger partial charge in [0.05, 0.1) is 17.3 Å². The van der Waals surface area contributed by atoms with E-state index in [1.165, 1.54) is 0 Å². The van der Waals surface area contributed by atoms with E-state index in [-0.39, 0.29) is 24.5 Å². The van der Waals surface area contributed by atoms with Crippen molar-refractivity contribution in [3.8, 4) is 0 Å². The summed E-state index contributed by atoms with van der Waals surface area (Å²) in [5.74, 6) is 0.264. The molecular weight excluding hydrogens is 426 g/mol. The number of fused-ring (bicyclic) bond motifs is 2. The van der Waals surface area contributed by atoms with E-state index in [2.05, 4.69) is 16.7 Å². The number of rotatable bonds is 6. The van der Waals surface area contributed by atoms with E-state index in [4.69, 9.17) is 4.74 Å². The fourth-order valence-corrected chi connectivity index (χ4v) is 4.88. The summed E-state index contributed by atoms with van der Waals surface area (Å²) >= 11 is 0. The quantitative estimate of drug-likeness (QED) is 0.507. The lowest BCUT2D eigenvalue weighted by Crippen LogP contribution is -2.39. The molecule has 2 amide bonds. The van der Waals surface area contributed by atoms with Crippen LogP contribution >= 0.6 is 0 Å². The smallest absolute Gasteiger partial charge is 0.411 e. The fraction of sp³-hybridized carbons (Fsp3) is 0.286. The number of benzene rings is 3. The van der Waals surface area contributed by atoms with Crippen molar-refractivity contribution in [2.75, 3.05) is 22.1 Å². The van der Waals surface area contributed by atoms with Gasteiger partial charge in [-0.1, -0.05) is 61.0 Å². The number of para-hydroxylation sites is 2. The van der Waals surface area contributed by atoms with Gasteiger partial charge in [0, 0.05) is 18.3 Å². The van der Waals surface area contributed by atoms with Crippen molar-refractivity contribution in [3.05, 3.63) is 90.0 Å². The SMILES string of the molecule is O=C(Nc1ccc(CCN2C(=O)C3CCCC3Nc3ccccc32)cc1)OCc1ccccc1. The highest BCUT2D eigenvalue weighted by atomic mass is 16.5. The average Bonchev–Trinajstić information content (AvgIpc) is 3.29. The van der Waals surface area contributed by atoms with Gasteiger partial charge in [-0.05, 0) is 54.7 Å². The highest BCUT2D eigenvalue weighted by Crippen LogP contribution is 2.38. The van der Waals surface area contributed by atoms with Gasteiger partial charge in [0.1, 0.15) is 6.61 Å². The molecule has 2 atom stereocenters. The van der Waals surface area contributed by atoms with Crippen molar-refractivity contribution in [1.29, 1.82) is 0 Å². The van der Waals surface area contributed by atoms with Gasteiger partial charge >= 0.3 is 6.09 Å². The summed E-state index contributed by atoms with van der Waals surface area (Å²) in [6, 6.07) is 25.6. The normalized spacial score (nSPS) is 18.9. The average molecular weight is 456 g/mol. The van der Waals surface area contributed by atoms with Crippen LogP contribution in [-0.4, -0.2) is 24.6 Å². The van der Waals surface area contributed by atoms with Gasteiger partial charge in [-0.25, -0.2) is 4.79 Å². The Labute approximate surface area is 199 Å². The molecule has 2 aliphatic rings. The van der Waals surface area contributed by atoms with Crippen LogP contribution in [0, 0.1) is 5.92 Å². The molecule has 0 saturated heterocycles. The topological polar surface area (TPSA) is 70.7 Å². The third-order valence-electron chi connectivity index (χ3n) is 6.67. The molecule has 0 spiro atoms. The maximum atomic E-state index is 13.4. The Bertz CT molecular complexity index is 1150. The molecule has 0 bridgehead atoms. The molecule has 1 heterocycles. The van der Waals surface area contributed by atoms with Crippen molar-refractivity contribution in [2.24, 2.45) is 5.92 Å². The highest BCUT2D eigenvalue weighted by Gasteiger charge is 2.39. The Morgan fingerprint density at radius 1 is 0.941 bits per heavy atom. The molecule has 2 unspecified atom stereocenters. The first-order valence-corrected chi connectivity index (χ1v) is 11.9. The van der Waals surface area contributed by atoms with Crippen molar-refractivity contribution in [1.82, 2.24) is 0 Å².